The molecule has 0 N–H and O–H groups in total. The van der Waals surface area contributed by atoms with E-state index in [0.717, 1.165) is 31.6 Å². The fourth-order valence-electron chi connectivity index (χ4n) is 1.99. The van der Waals surface area contributed by atoms with Crippen molar-refractivity contribution in [3.63, 3.8) is 0 Å². The molecule has 0 aliphatic heterocycles. The molecule has 0 unspecified atom stereocenters. The molecule has 15 heavy (non-hydrogen) atoms. The molecule has 1 aromatic rings. The third kappa shape index (κ3) is 2.46. The molecule has 84 valence electrons. The van der Waals surface area contributed by atoms with Crippen molar-refractivity contribution in [2.45, 2.75) is 51.7 Å². The lowest BCUT2D eigenvalue weighted by atomic mass is 10.3. The summed E-state index contributed by atoms with van der Waals surface area (Å²) >= 11 is 6.16. The van der Waals surface area contributed by atoms with Crippen LogP contribution in [0.2, 0.25) is 5.15 Å². The van der Waals surface area contributed by atoms with Gasteiger partial charge in [-0.2, -0.15) is 5.10 Å². The minimum absolute atomic E-state index is 0.349. The standard InChI is InChI=1S/C11H17ClN2O/c1-2-7-14-11(12)10(8-13-14)15-9-5-3-4-6-9/h8-9H,2-7H2,1H3. The second-order valence-electron chi connectivity index (χ2n) is 4.05. The van der Waals surface area contributed by atoms with E-state index >= 15 is 0 Å². The summed E-state index contributed by atoms with van der Waals surface area (Å²) in [5.41, 5.74) is 0. The summed E-state index contributed by atoms with van der Waals surface area (Å²) in [4.78, 5) is 0. The highest BCUT2D eigenvalue weighted by Gasteiger charge is 2.19. The Morgan fingerprint density at radius 3 is 2.93 bits per heavy atom. The van der Waals surface area contributed by atoms with E-state index in [4.69, 9.17) is 16.3 Å². The van der Waals surface area contributed by atoms with Crippen molar-refractivity contribution >= 4 is 11.6 Å². The molecule has 1 fully saturated rings. The van der Waals surface area contributed by atoms with Gasteiger partial charge in [-0.25, -0.2) is 0 Å². The van der Waals surface area contributed by atoms with E-state index in [9.17, 15) is 0 Å². The van der Waals surface area contributed by atoms with Crippen LogP contribution in [0, 0.1) is 0 Å². The van der Waals surface area contributed by atoms with Crippen LogP contribution in [-0.2, 0) is 6.54 Å². The molecule has 0 atom stereocenters. The summed E-state index contributed by atoms with van der Waals surface area (Å²) < 4.78 is 7.62. The van der Waals surface area contributed by atoms with Gasteiger partial charge in [0, 0.05) is 6.54 Å². The van der Waals surface area contributed by atoms with Crippen molar-refractivity contribution in [2.24, 2.45) is 0 Å². The van der Waals surface area contributed by atoms with Crippen molar-refractivity contribution in [3.8, 4) is 5.75 Å². The fraction of sp³-hybridized carbons (Fsp3) is 0.727. The van der Waals surface area contributed by atoms with Gasteiger partial charge in [-0.05, 0) is 32.1 Å². The van der Waals surface area contributed by atoms with E-state index in [1.165, 1.54) is 12.8 Å². The van der Waals surface area contributed by atoms with E-state index in [0.29, 0.717) is 11.3 Å². The largest absolute Gasteiger partial charge is 0.486 e. The van der Waals surface area contributed by atoms with Crippen LogP contribution in [0.1, 0.15) is 39.0 Å². The van der Waals surface area contributed by atoms with Crippen LogP contribution in [0.25, 0.3) is 0 Å². The van der Waals surface area contributed by atoms with Gasteiger partial charge in [0.15, 0.2) is 10.9 Å². The number of halogens is 1. The average molecular weight is 229 g/mol. The number of rotatable bonds is 4. The molecule has 0 aromatic carbocycles. The highest BCUT2D eigenvalue weighted by molar-refractivity contribution is 6.31. The highest BCUT2D eigenvalue weighted by Crippen LogP contribution is 2.29. The number of ether oxygens (including phenoxy) is 1. The van der Waals surface area contributed by atoms with Gasteiger partial charge in [0.1, 0.15) is 0 Å². The topological polar surface area (TPSA) is 27.1 Å². The van der Waals surface area contributed by atoms with Crippen molar-refractivity contribution in [3.05, 3.63) is 11.3 Å². The van der Waals surface area contributed by atoms with Gasteiger partial charge in [0.25, 0.3) is 0 Å². The van der Waals surface area contributed by atoms with Crippen LogP contribution in [-0.4, -0.2) is 15.9 Å². The molecule has 2 rings (SSSR count). The number of aromatic nitrogens is 2. The first-order valence-corrected chi connectivity index (χ1v) is 6.07. The Kier molecular flexibility index (Phi) is 3.52. The first kappa shape index (κ1) is 10.8. The summed E-state index contributed by atoms with van der Waals surface area (Å²) in [5.74, 6) is 0.747. The quantitative estimate of drug-likeness (QED) is 0.791. The van der Waals surface area contributed by atoms with Crippen LogP contribution in [0.15, 0.2) is 6.20 Å². The lowest BCUT2D eigenvalue weighted by molar-refractivity contribution is 0.210. The lowest BCUT2D eigenvalue weighted by Gasteiger charge is -2.11. The fourth-order valence-corrected chi connectivity index (χ4v) is 2.21. The van der Waals surface area contributed by atoms with E-state index in [1.807, 2.05) is 0 Å². The third-order valence-corrected chi connectivity index (χ3v) is 3.16. The van der Waals surface area contributed by atoms with E-state index in [2.05, 4.69) is 12.0 Å². The van der Waals surface area contributed by atoms with E-state index in [1.54, 1.807) is 10.9 Å². The maximum atomic E-state index is 6.16. The van der Waals surface area contributed by atoms with Crippen molar-refractivity contribution < 1.29 is 4.74 Å². The van der Waals surface area contributed by atoms with Gasteiger partial charge in [0.05, 0.1) is 12.3 Å². The Balaban J connectivity index is 2.01. The molecule has 1 aliphatic carbocycles. The molecule has 1 aliphatic rings. The minimum atomic E-state index is 0.349. The maximum absolute atomic E-state index is 6.16. The second kappa shape index (κ2) is 4.88. The molecule has 1 saturated carbocycles. The van der Waals surface area contributed by atoms with Gasteiger partial charge in [0.2, 0.25) is 0 Å². The molecule has 4 heteroatoms. The number of aryl methyl sites for hydroxylation is 1. The summed E-state index contributed by atoms with van der Waals surface area (Å²) in [7, 11) is 0. The Labute approximate surface area is 95.4 Å². The van der Waals surface area contributed by atoms with Crippen molar-refractivity contribution in [2.75, 3.05) is 0 Å². The van der Waals surface area contributed by atoms with Gasteiger partial charge in [-0.3, -0.25) is 4.68 Å². The van der Waals surface area contributed by atoms with E-state index < -0.39 is 0 Å². The van der Waals surface area contributed by atoms with Gasteiger partial charge in [-0.1, -0.05) is 18.5 Å². The van der Waals surface area contributed by atoms with Crippen molar-refractivity contribution in [1.82, 2.24) is 9.78 Å². The van der Waals surface area contributed by atoms with Crippen LogP contribution in [0.5, 0.6) is 5.75 Å². The maximum Gasteiger partial charge on any atom is 0.176 e. The molecular weight excluding hydrogens is 212 g/mol. The molecular formula is C11H17ClN2O. The molecule has 1 heterocycles. The predicted octanol–water partition coefficient (Wildman–Crippen LogP) is 3.27. The van der Waals surface area contributed by atoms with Crippen LogP contribution in [0.4, 0.5) is 0 Å². The summed E-state index contributed by atoms with van der Waals surface area (Å²) in [5, 5.41) is 4.85. The third-order valence-electron chi connectivity index (χ3n) is 2.78. The first-order valence-electron chi connectivity index (χ1n) is 5.69. The zero-order valence-corrected chi connectivity index (χ0v) is 9.83. The Bertz CT molecular complexity index is 318. The molecule has 0 spiro atoms. The number of nitrogens with zero attached hydrogens (tertiary/aromatic N) is 2. The lowest BCUT2D eigenvalue weighted by Crippen LogP contribution is -2.10. The van der Waals surface area contributed by atoms with Gasteiger partial charge < -0.3 is 4.74 Å². The smallest absolute Gasteiger partial charge is 0.176 e. The molecule has 0 amide bonds. The summed E-state index contributed by atoms with van der Waals surface area (Å²) in [6.07, 6.45) is 7.95. The zero-order chi connectivity index (χ0) is 10.7. The number of hydrogen-bond acceptors (Lipinski definition) is 2. The van der Waals surface area contributed by atoms with Gasteiger partial charge in [-0.15, -0.1) is 0 Å². The molecule has 3 nitrogen and oxygen atoms in total. The minimum Gasteiger partial charge on any atom is -0.486 e. The predicted molar refractivity (Wildman–Crippen MR) is 60.4 cm³/mol. The molecule has 0 radical (unpaired) electrons. The Hall–Kier alpha value is -0.700. The van der Waals surface area contributed by atoms with Crippen LogP contribution >= 0.6 is 11.6 Å². The zero-order valence-electron chi connectivity index (χ0n) is 9.08. The normalized spacial score (nSPS) is 17.2. The monoisotopic (exact) mass is 228 g/mol. The van der Waals surface area contributed by atoms with Gasteiger partial charge >= 0.3 is 0 Å². The highest BCUT2D eigenvalue weighted by atomic mass is 35.5. The first-order chi connectivity index (χ1) is 7.31. The van der Waals surface area contributed by atoms with E-state index in [-0.39, 0.29) is 0 Å². The van der Waals surface area contributed by atoms with Crippen LogP contribution in [0.3, 0.4) is 0 Å². The summed E-state index contributed by atoms with van der Waals surface area (Å²) in [6, 6.07) is 0. The second-order valence-corrected chi connectivity index (χ2v) is 4.41. The van der Waals surface area contributed by atoms with Crippen LogP contribution < -0.4 is 4.74 Å². The number of hydrogen-bond donors (Lipinski definition) is 0. The Morgan fingerprint density at radius 1 is 1.53 bits per heavy atom. The summed E-state index contributed by atoms with van der Waals surface area (Å²) in [6.45, 7) is 2.96. The molecule has 1 aromatic heterocycles. The SMILES string of the molecule is CCCn1ncc(OC2CCCC2)c1Cl. The average Bonchev–Trinajstić information content (AvgIpc) is 2.83. The van der Waals surface area contributed by atoms with Crippen molar-refractivity contribution in [1.29, 1.82) is 0 Å². The molecule has 0 bridgehead atoms. The Morgan fingerprint density at radius 2 is 2.27 bits per heavy atom. The molecule has 0 saturated heterocycles.